The minimum Gasteiger partial charge on any atom is -0.505 e. The Balaban J connectivity index is 2.39. The van der Waals surface area contributed by atoms with Crippen LogP contribution in [0.4, 0.5) is 0 Å². The van der Waals surface area contributed by atoms with E-state index in [1.165, 1.54) is 0 Å². The third kappa shape index (κ3) is 3.24. The highest BCUT2D eigenvalue weighted by molar-refractivity contribution is 5.34. The maximum atomic E-state index is 10.0. The molecule has 2 aromatic rings. The molecule has 3 heteroatoms. The summed E-state index contributed by atoms with van der Waals surface area (Å²) in [6.45, 7) is 1.59. The van der Waals surface area contributed by atoms with Crippen LogP contribution in [0.15, 0.2) is 72.1 Å². The van der Waals surface area contributed by atoms with Crippen molar-refractivity contribution in [3.63, 3.8) is 0 Å². The fourth-order valence-electron chi connectivity index (χ4n) is 2.20. The molecule has 0 spiro atoms. The third-order valence-corrected chi connectivity index (χ3v) is 3.37. The molecule has 0 aliphatic heterocycles. The van der Waals surface area contributed by atoms with Crippen molar-refractivity contribution in [2.24, 2.45) is 0 Å². The van der Waals surface area contributed by atoms with Gasteiger partial charge in [-0.3, -0.25) is 0 Å². The summed E-state index contributed by atoms with van der Waals surface area (Å²) in [5, 5.41) is 18.8. The number of aliphatic hydroxyl groups excluding tert-OH is 1. The first-order chi connectivity index (χ1) is 9.72. The highest BCUT2D eigenvalue weighted by Gasteiger charge is 2.20. The molecule has 1 N–H and O–H groups in total. The first kappa shape index (κ1) is 13.8. The Bertz CT molecular complexity index is 588. The third-order valence-electron chi connectivity index (χ3n) is 3.37. The van der Waals surface area contributed by atoms with Gasteiger partial charge >= 0.3 is 5.70 Å². The summed E-state index contributed by atoms with van der Waals surface area (Å²) in [6.07, 6.45) is 0.407. The van der Waals surface area contributed by atoms with Crippen LogP contribution in [-0.2, 0) is 0 Å². The minimum absolute atomic E-state index is 0.0362. The van der Waals surface area contributed by atoms with Crippen LogP contribution in [0.3, 0.4) is 0 Å². The molecule has 0 bridgehead atoms. The van der Waals surface area contributed by atoms with Crippen molar-refractivity contribution in [1.29, 1.82) is 5.39 Å². The van der Waals surface area contributed by atoms with Crippen molar-refractivity contribution < 1.29 is 5.11 Å². The Kier molecular flexibility index (Phi) is 4.52. The monoisotopic (exact) mass is 265 g/mol. The Labute approximate surface area is 118 Å². The van der Waals surface area contributed by atoms with Gasteiger partial charge in [-0.2, -0.15) is 0 Å². The number of hydrogen-bond donors (Lipinski definition) is 1. The lowest BCUT2D eigenvalue weighted by molar-refractivity contribution is 0.375. The van der Waals surface area contributed by atoms with Crippen molar-refractivity contribution in [3.8, 4) is 0 Å². The highest BCUT2D eigenvalue weighted by atomic mass is 16.3. The van der Waals surface area contributed by atoms with Crippen molar-refractivity contribution in [3.05, 3.63) is 88.2 Å². The lowest BCUT2D eigenvalue weighted by atomic mass is 9.88. The molecule has 0 saturated carbocycles. The molecule has 2 aromatic carbocycles. The molecule has 0 fully saturated rings. The first-order valence-electron chi connectivity index (χ1n) is 6.56. The quantitative estimate of drug-likeness (QED) is 0.634. The summed E-state index contributed by atoms with van der Waals surface area (Å²) in [6, 6.07) is 20.0. The predicted octanol–water partition coefficient (Wildman–Crippen LogP) is 4.85. The maximum Gasteiger partial charge on any atom is 0.395 e. The molecule has 0 radical (unpaired) electrons. The van der Waals surface area contributed by atoms with Gasteiger partial charge in [0.1, 0.15) is 0 Å². The molecule has 0 heterocycles. The Morgan fingerprint density at radius 1 is 1.00 bits per heavy atom. The normalized spacial score (nSPS) is 11.8. The summed E-state index contributed by atoms with van der Waals surface area (Å²) in [4.78, 5) is 3.06. The zero-order chi connectivity index (χ0) is 14.4. The van der Waals surface area contributed by atoms with Gasteiger partial charge in [0, 0.05) is 19.3 Å². The smallest absolute Gasteiger partial charge is 0.395 e. The lowest BCUT2D eigenvalue weighted by Gasteiger charge is -2.16. The van der Waals surface area contributed by atoms with Gasteiger partial charge in [-0.15, -0.1) is 0 Å². The van der Waals surface area contributed by atoms with E-state index in [1.54, 1.807) is 6.92 Å². The second kappa shape index (κ2) is 6.53. The van der Waals surface area contributed by atoms with Gasteiger partial charge in [0.15, 0.2) is 10.7 Å². The molecule has 3 nitrogen and oxygen atoms in total. The van der Waals surface area contributed by atoms with E-state index in [9.17, 15) is 5.11 Å². The van der Waals surface area contributed by atoms with Gasteiger partial charge in [0.25, 0.3) is 0 Å². The van der Waals surface area contributed by atoms with Gasteiger partial charge in [-0.05, 0) is 11.1 Å². The average molecular weight is 265 g/mol. The molecule has 0 atom stereocenters. The number of diazo groups is 1. The van der Waals surface area contributed by atoms with E-state index in [1.807, 2.05) is 60.7 Å². The van der Waals surface area contributed by atoms with E-state index in [2.05, 4.69) is 4.98 Å². The van der Waals surface area contributed by atoms with Gasteiger partial charge in [-0.1, -0.05) is 60.7 Å². The Morgan fingerprint density at radius 3 is 1.85 bits per heavy atom. The molecule has 2 rings (SSSR count). The zero-order valence-electron chi connectivity index (χ0n) is 11.4. The van der Waals surface area contributed by atoms with Crippen LogP contribution >= 0.6 is 0 Å². The van der Waals surface area contributed by atoms with Gasteiger partial charge in [0.2, 0.25) is 5.39 Å². The summed E-state index contributed by atoms with van der Waals surface area (Å²) >= 11 is 0. The molecular weight excluding hydrogens is 248 g/mol. The van der Waals surface area contributed by atoms with Crippen LogP contribution in [0.2, 0.25) is 0 Å². The number of allylic oxidation sites excluding steroid dienone is 2. The largest absolute Gasteiger partial charge is 0.505 e. The fourth-order valence-corrected chi connectivity index (χ4v) is 2.20. The van der Waals surface area contributed by atoms with E-state index in [4.69, 9.17) is 5.39 Å². The summed E-state index contributed by atoms with van der Waals surface area (Å²) < 4.78 is 0. The second-order valence-electron chi connectivity index (χ2n) is 4.71. The van der Waals surface area contributed by atoms with Crippen LogP contribution in [0, 0.1) is 5.39 Å². The fraction of sp³-hybridized carbons (Fsp3) is 0.176. The molecular formula is C17H17N2O+. The van der Waals surface area contributed by atoms with Gasteiger partial charge < -0.3 is 5.11 Å². The maximum absolute atomic E-state index is 10.0. The SMILES string of the molecule is C/C([N+]#N)=C(\O)CC(c1ccccc1)c1ccccc1. The summed E-state index contributed by atoms with van der Waals surface area (Å²) in [5.74, 6) is 0.138. The van der Waals surface area contributed by atoms with E-state index in [-0.39, 0.29) is 17.4 Å². The summed E-state index contributed by atoms with van der Waals surface area (Å²) in [7, 11) is 0. The van der Waals surface area contributed by atoms with Crippen LogP contribution in [-0.4, -0.2) is 5.11 Å². The standard InChI is InChI=1S/C17H16N2O/c1-13(19-18)17(20)12-16(14-8-4-2-5-9-14)15-10-6-3-7-11-15/h2-11,16H,12H2,1H3/p+1/b17-13+. The number of benzene rings is 2. The molecule has 0 aromatic heterocycles. The van der Waals surface area contributed by atoms with E-state index in [0.29, 0.717) is 6.42 Å². The molecule has 0 amide bonds. The van der Waals surface area contributed by atoms with Crippen molar-refractivity contribution in [1.82, 2.24) is 0 Å². The van der Waals surface area contributed by atoms with Crippen molar-refractivity contribution in [2.45, 2.75) is 19.3 Å². The molecule has 100 valence electrons. The first-order valence-corrected chi connectivity index (χ1v) is 6.56. The molecule has 0 unspecified atom stereocenters. The molecule has 0 aliphatic carbocycles. The van der Waals surface area contributed by atoms with Crippen LogP contribution in [0.1, 0.15) is 30.4 Å². The minimum atomic E-state index is 0.0362. The number of nitrogens with zero attached hydrogens (tertiary/aromatic N) is 2. The van der Waals surface area contributed by atoms with E-state index < -0.39 is 0 Å². The van der Waals surface area contributed by atoms with Crippen LogP contribution in [0.5, 0.6) is 0 Å². The Morgan fingerprint density at radius 2 is 1.45 bits per heavy atom. The predicted molar refractivity (Wildman–Crippen MR) is 79.8 cm³/mol. The number of hydrogen-bond acceptors (Lipinski definition) is 2. The van der Waals surface area contributed by atoms with Crippen molar-refractivity contribution >= 4 is 0 Å². The number of aliphatic hydroxyl groups is 1. The van der Waals surface area contributed by atoms with Gasteiger partial charge in [0.05, 0.1) is 0 Å². The molecule has 20 heavy (non-hydrogen) atoms. The van der Waals surface area contributed by atoms with E-state index >= 15 is 0 Å². The summed E-state index contributed by atoms with van der Waals surface area (Å²) in [5.41, 5.74) is 2.49. The topological polar surface area (TPSA) is 48.4 Å². The second-order valence-corrected chi connectivity index (χ2v) is 4.71. The van der Waals surface area contributed by atoms with Crippen molar-refractivity contribution in [2.75, 3.05) is 0 Å². The molecule has 0 saturated heterocycles. The van der Waals surface area contributed by atoms with Crippen LogP contribution < -0.4 is 0 Å². The van der Waals surface area contributed by atoms with Gasteiger partial charge in [-0.25, -0.2) is 0 Å². The van der Waals surface area contributed by atoms with E-state index in [0.717, 1.165) is 11.1 Å². The molecule has 0 aliphatic rings. The highest BCUT2D eigenvalue weighted by Crippen LogP contribution is 2.31. The number of rotatable bonds is 4. The zero-order valence-corrected chi connectivity index (χ0v) is 11.4. The lowest BCUT2D eigenvalue weighted by Crippen LogP contribution is -2.03. The average Bonchev–Trinajstić information content (AvgIpc) is 2.53. The Hall–Kier alpha value is -2.60. The van der Waals surface area contributed by atoms with Crippen LogP contribution in [0.25, 0.3) is 4.98 Å².